The van der Waals surface area contributed by atoms with Crippen LogP contribution >= 0.6 is 0 Å². The molecule has 3 aromatic rings. The average molecular weight is 499 g/mol. The molecule has 1 amide bonds. The second-order valence-corrected chi connectivity index (χ2v) is 9.91. The Labute approximate surface area is 219 Å². The standard InChI is InChI=1S/C31H34N2O4/c1-20(2)11-29(25-13-21(3)12-22(4)14-25)33-31(36)26-16-23(9-10-30(34)35)15-24(17-26)19-37-28-8-6-7-27(18-28)32-5/h6-8,12-18,20,29H,9-11,19H2,1-4H3,(H,33,36)(H,34,35). The molecule has 1 unspecified atom stereocenters. The molecular weight excluding hydrogens is 464 g/mol. The minimum absolute atomic E-state index is 0.0308. The first-order valence-corrected chi connectivity index (χ1v) is 12.5. The van der Waals surface area contributed by atoms with Gasteiger partial charge in [-0.25, -0.2) is 4.85 Å². The molecule has 0 bridgehead atoms. The number of benzene rings is 3. The molecule has 0 aromatic heterocycles. The zero-order valence-corrected chi connectivity index (χ0v) is 21.9. The molecule has 1 atom stereocenters. The van der Waals surface area contributed by atoms with Gasteiger partial charge in [0.2, 0.25) is 0 Å². The topological polar surface area (TPSA) is 80.0 Å². The normalized spacial score (nSPS) is 11.6. The van der Waals surface area contributed by atoms with E-state index in [1.165, 1.54) is 0 Å². The summed E-state index contributed by atoms with van der Waals surface area (Å²) in [4.78, 5) is 28.1. The first-order valence-electron chi connectivity index (χ1n) is 12.5. The summed E-state index contributed by atoms with van der Waals surface area (Å²) in [5, 5.41) is 12.4. The fourth-order valence-electron chi connectivity index (χ4n) is 4.38. The molecule has 0 fully saturated rings. The van der Waals surface area contributed by atoms with Crippen LogP contribution in [0.5, 0.6) is 5.75 Å². The second kappa shape index (κ2) is 12.7. The van der Waals surface area contributed by atoms with Crippen LogP contribution in [-0.2, 0) is 17.8 Å². The molecule has 0 spiro atoms. The number of ether oxygens (including phenoxy) is 1. The van der Waals surface area contributed by atoms with E-state index in [9.17, 15) is 9.59 Å². The summed E-state index contributed by atoms with van der Waals surface area (Å²) in [6, 6.07) is 18.5. The van der Waals surface area contributed by atoms with Crippen LogP contribution in [-0.4, -0.2) is 17.0 Å². The highest BCUT2D eigenvalue weighted by molar-refractivity contribution is 5.95. The van der Waals surface area contributed by atoms with E-state index in [0.717, 1.165) is 34.2 Å². The maximum atomic E-state index is 13.5. The van der Waals surface area contributed by atoms with E-state index in [4.69, 9.17) is 16.4 Å². The van der Waals surface area contributed by atoms with Gasteiger partial charge in [-0.2, -0.15) is 0 Å². The Hall–Kier alpha value is -4.11. The first kappa shape index (κ1) is 27.5. The van der Waals surface area contributed by atoms with E-state index in [1.54, 1.807) is 36.4 Å². The molecule has 0 aliphatic carbocycles. The van der Waals surface area contributed by atoms with E-state index in [-0.39, 0.29) is 25.0 Å². The first-order chi connectivity index (χ1) is 17.6. The number of carboxylic acids is 1. The number of hydrogen-bond donors (Lipinski definition) is 2. The van der Waals surface area contributed by atoms with Crippen molar-refractivity contribution in [1.29, 1.82) is 0 Å². The fraction of sp³-hybridized carbons (Fsp3) is 0.323. The van der Waals surface area contributed by atoms with Crippen molar-refractivity contribution in [1.82, 2.24) is 5.32 Å². The van der Waals surface area contributed by atoms with Crippen LogP contribution in [0.2, 0.25) is 0 Å². The molecular formula is C31H34N2O4. The van der Waals surface area contributed by atoms with Crippen LogP contribution in [0.1, 0.15) is 70.9 Å². The molecule has 192 valence electrons. The molecule has 0 aliphatic heterocycles. The highest BCUT2D eigenvalue weighted by Gasteiger charge is 2.19. The van der Waals surface area contributed by atoms with Gasteiger partial charge < -0.3 is 15.2 Å². The van der Waals surface area contributed by atoms with Gasteiger partial charge in [0.1, 0.15) is 12.4 Å². The molecule has 0 saturated heterocycles. The van der Waals surface area contributed by atoms with Gasteiger partial charge in [0.25, 0.3) is 5.91 Å². The lowest BCUT2D eigenvalue weighted by Gasteiger charge is -2.22. The van der Waals surface area contributed by atoms with Crippen LogP contribution in [0, 0.1) is 26.3 Å². The minimum atomic E-state index is -0.893. The zero-order valence-electron chi connectivity index (χ0n) is 21.9. The van der Waals surface area contributed by atoms with Crippen LogP contribution in [0.3, 0.4) is 0 Å². The summed E-state index contributed by atoms with van der Waals surface area (Å²) in [5.74, 6) is -0.167. The number of carboxylic acid groups (broad SMARTS) is 1. The van der Waals surface area contributed by atoms with E-state index >= 15 is 0 Å². The third-order valence-corrected chi connectivity index (χ3v) is 5.95. The van der Waals surface area contributed by atoms with Crippen LogP contribution < -0.4 is 10.1 Å². The second-order valence-electron chi connectivity index (χ2n) is 9.91. The van der Waals surface area contributed by atoms with Crippen LogP contribution in [0.25, 0.3) is 4.85 Å². The summed E-state index contributed by atoms with van der Waals surface area (Å²) in [5.41, 5.74) is 5.84. The molecule has 0 aliphatic rings. The number of aryl methyl sites for hydroxylation is 3. The Morgan fingerprint density at radius 3 is 2.35 bits per heavy atom. The van der Waals surface area contributed by atoms with E-state index < -0.39 is 5.97 Å². The maximum Gasteiger partial charge on any atom is 0.303 e. The SMILES string of the molecule is [C-]#[N+]c1cccc(OCc2cc(CCC(=O)O)cc(C(=O)NC(CC(C)C)c3cc(C)cc(C)c3)c2)c1. The van der Waals surface area contributed by atoms with Crippen molar-refractivity contribution in [3.05, 3.63) is 105 Å². The number of carbonyl (C=O) groups excluding carboxylic acids is 1. The lowest BCUT2D eigenvalue weighted by Crippen LogP contribution is -2.30. The van der Waals surface area contributed by atoms with Crippen molar-refractivity contribution < 1.29 is 19.4 Å². The summed E-state index contributed by atoms with van der Waals surface area (Å²) in [7, 11) is 0. The number of aliphatic carboxylic acids is 1. The quantitative estimate of drug-likeness (QED) is 0.280. The van der Waals surface area contributed by atoms with Gasteiger partial charge in [0, 0.05) is 12.0 Å². The lowest BCUT2D eigenvalue weighted by atomic mass is 9.94. The highest BCUT2D eigenvalue weighted by Crippen LogP contribution is 2.25. The Bertz CT molecular complexity index is 1290. The third kappa shape index (κ3) is 8.50. The number of nitrogens with zero attached hydrogens (tertiary/aromatic N) is 1. The van der Waals surface area contributed by atoms with Gasteiger partial charge in [-0.1, -0.05) is 61.4 Å². The van der Waals surface area contributed by atoms with E-state index in [1.807, 2.05) is 6.07 Å². The summed E-state index contributed by atoms with van der Waals surface area (Å²) in [6.45, 7) is 15.7. The maximum absolute atomic E-state index is 13.5. The molecule has 3 rings (SSSR count). The summed E-state index contributed by atoms with van der Waals surface area (Å²) < 4.78 is 5.89. The van der Waals surface area contributed by atoms with Crippen LogP contribution in [0.15, 0.2) is 60.7 Å². The van der Waals surface area contributed by atoms with Gasteiger partial charge in [0.05, 0.1) is 12.6 Å². The van der Waals surface area contributed by atoms with Crippen molar-refractivity contribution in [2.75, 3.05) is 0 Å². The fourth-order valence-corrected chi connectivity index (χ4v) is 4.38. The van der Waals surface area contributed by atoms with Gasteiger partial charge in [-0.15, -0.1) is 0 Å². The predicted molar refractivity (Wildman–Crippen MR) is 145 cm³/mol. The van der Waals surface area contributed by atoms with E-state index in [2.05, 4.69) is 56.1 Å². The number of rotatable bonds is 11. The molecule has 0 saturated carbocycles. The summed E-state index contributed by atoms with van der Waals surface area (Å²) >= 11 is 0. The molecule has 0 radical (unpaired) electrons. The Morgan fingerprint density at radius 2 is 1.70 bits per heavy atom. The highest BCUT2D eigenvalue weighted by atomic mass is 16.5. The molecule has 6 heteroatoms. The molecule has 0 heterocycles. The smallest absolute Gasteiger partial charge is 0.303 e. The van der Waals surface area contributed by atoms with Crippen molar-refractivity contribution in [3.8, 4) is 5.75 Å². The minimum Gasteiger partial charge on any atom is -0.490 e. The monoisotopic (exact) mass is 498 g/mol. The van der Waals surface area contributed by atoms with Crippen molar-refractivity contribution in [2.45, 2.75) is 59.6 Å². The number of carbonyl (C=O) groups is 2. The Balaban J connectivity index is 1.87. The van der Waals surface area contributed by atoms with Gasteiger partial charge in [-0.05, 0) is 73.6 Å². The van der Waals surface area contributed by atoms with Crippen molar-refractivity contribution >= 4 is 17.6 Å². The average Bonchev–Trinajstić information content (AvgIpc) is 2.85. The van der Waals surface area contributed by atoms with Crippen molar-refractivity contribution in [2.24, 2.45) is 5.92 Å². The number of nitrogens with one attached hydrogen (secondary N) is 1. The lowest BCUT2D eigenvalue weighted by molar-refractivity contribution is -0.136. The molecule has 2 N–H and O–H groups in total. The molecule has 6 nitrogen and oxygen atoms in total. The van der Waals surface area contributed by atoms with Crippen molar-refractivity contribution in [3.63, 3.8) is 0 Å². The van der Waals surface area contributed by atoms with E-state index in [0.29, 0.717) is 29.3 Å². The number of amides is 1. The van der Waals surface area contributed by atoms with Gasteiger partial charge >= 0.3 is 5.97 Å². The molecule has 3 aromatic carbocycles. The summed E-state index contributed by atoms with van der Waals surface area (Å²) in [6.07, 6.45) is 1.07. The van der Waals surface area contributed by atoms with Gasteiger partial charge in [-0.3, -0.25) is 9.59 Å². The Kier molecular flexibility index (Phi) is 9.45. The predicted octanol–water partition coefficient (Wildman–Crippen LogP) is 6.97. The third-order valence-electron chi connectivity index (χ3n) is 5.95. The Morgan fingerprint density at radius 1 is 1.00 bits per heavy atom. The zero-order chi connectivity index (χ0) is 26.9. The van der Waals surface area contributed by atoms with Crippen LogP contribution in [0.4, 0.5) is 5.69 Å². The molecule has 37 heavy (non-hydrogen) atoms. The largest absolute Gasteiger partial charge is 0.490 e. The van der Waals surface area contributed by atoms with Gasteiger partial charge in [0.15, 0.2) is 5.69 Å². The number of hydrogen-bond acceptors (Lipinski definition) is 3.